The third kappa shape index (κ3) is 4.86. The lowest BCUT2D eigenvalue weighted by atomic mass is 9.59. The normalized spacial score (nSPS) is 37.3. The van der Waals surface area contributed by atoms with Crippen molar-refractivity contribution in [1.29, 1.82) is 0 Å². The number of alkyl carbamates (subject to hydrolysis) is 1. The number of nitrogens with one attached hydrogen (secondary N) is 1. The zero-order valence-electron chi connectivity index (χ0n) is 21.4. The zero-order chi connectivity index (χ0) is 26.4. The predicted octanol–water partition coefficient (Wildman–Crippen LogP) is 3.97. The summed E-state index contributed by atoms with van der Waals surface area (Å²) < 4.78 is 11.1. The van der Waals surface area contributed by atoms with Crippen LogP contribution in [0.1, 0.15) is 45.6 Å². The quantitative estimate of drug-likeness (QED) is 0.519. The molecule has 2 heterocycles. The first-order chi connectivity index (χ1) is 16.9. The summed E-state index contributed by atoms with van der Waals surface area (Å²) >= 11 is 6.62. The highest BCUT2D eigenvalue weighted by Gasteiger charge is 2.61. The molecule has 196 valence electrons. The number of carbonyl (C=O) groups is 2. The number of amides is 2. The van der Waals surface area contributed by atoms with E-state index in [1.54, 1.807) is 20.0 Å². The van der Waals surface area contributed by atoms with Crippen molar-refractivity contribution in [3.05, 3.63) is 46.5 Å². The van der Waals surface area contributed by atoms with Crippen molar-refractivity contribution < 1.29 is 29.3 Å². The molecule has 6 atom stereocenters. The molecule has 1 saturated heterocycles. The molecule has 36 heavy (non-hydrogen) atoms. The van der Waals surface area contributed by atoms with Crippen molar-refractivity contribution in [2.45, 2.75) is 63.9 Å². The van der Waals surface area contributed by atoms with Crippen molar-refractivity contribution in [1.82, 2.24) is 5.32 Å². The fraction of sp³-hybridized carbons (Fsp3) is 0.556. The lowest BCUT2D eigenvalue weighted by Crippen LogP contribution is -2.70. The second kappa shape index (κ2) is 9.72. The van der Waals surface area contributed by atoms with Gasteiger partial charge in [-0.05, 0) is 50.3 Å². The Balaban J connectivity index is 1.85. The van der Waals surface area contributed by atoms with Gasteiger partial charge in [-0.25, -0.2) is 4.79 Å². The molecule has 2 amide bonds. The number of rotatable bonds is 1. The van der Waals surface area contributed by atoms with Gasteiger partial charge >= 0.3 is 6.09 Å². The minimum absolute atomic E-state index is 0.0806. The number of nitrogens with zero attached hydrogens (tertiary/aromatic N) is 1. The standard InChI is InChI=1S/C27H35ClN2O6/c1-15-8-6-7-9-27(34)22-18(26(3,33)14-16(2)24(22)36-25(32)29-27)13-21(31)30(4)19-11-17(10-15)12-20(35-5)23(19)28/h6-8,11-12,16,18,22,24,33-34H,9-10,13-14H2,1-5H3,(H,29,32)/b7-6+,15-8+/t16-,18?,22?,24+,26+,27+/m0/s1. The molecule has 0 aromatic heterocycles. The van der Waals surface area contributed by atoms with Crippen molar-refractivity contribution in [3.8, 4) is 5.75 Å². The molecule has 8 nitrogen and oxygen atoms in total. The van der Waals surface area contributed by atoms with E-state index in [-0.39, 0.29) is 24.7 Å². The maximum Gasteiger partial charge on any atom is 0.409 e. The largest absolute Gasteiger partial charge is 0.495 e. The Labute approximate surface area is 216 Å². The van der Waals surface area contributed by atoms with E-state index in [0.717, 1.165) is 11.1 Å². The molecule has 2 bridgehead atoms. The first kappa shape index (κ1) is 26.5. The van der Waals surface area contributed by atoms with E-state index in [1.807, 2.05) is 38.1 Å². The molecule has 0 radical (unpaired) electrons. The highest BCUT2D eigenvalue weighted by molar-refractivity contribution is 6.35. The van der Waals surface area contributed by atoms with Crippen LogP contribution in [0.25, 0.3) is 0 Å². The number of allylic oxidation sites excluding steroid dienone is 3. The maximum absolute atomic E-state index is 13.7. The van der Waals surface area contributed by atoms with Crippen LogP contribution in [-0.4, -0.2) is 53.8 Å². The van der Waals surface area contributed by atoms with Gasteiger partial charge in [0.05, 0.1) is 24.3 Å². The molecule has 2 fully saturated rings. The molecule has 4 rings (SSSR count). The van der Waals surface area contributed by atoms with E-state index in [9.17, 15) is 19.8 Å². The number of ether oxygens (including phenoxy) is 2. The van der Waals surface area contributed by atoms with Crippen LogP contribution >= 0.6 is 11.6 Å². The van der Waals surface area contributed by atoms with Gasteiger partial charge in [-0.15, -0.1) is 0 Å². The second-order valence-corrected chi connectivity index (χ2v) is 11.1. The third-order valence-corrected chi connectivity index (χ3v) is 8.23. The fourth-order valence-electron chi connectivity index (χ4n) is 6.08. The molecule has 0 spiro atoms. The molecule has 3 N–H and O–H groups in total. The zero-order valence-corrected chi connectivity index (χ0v) is 22.1. The van der Waals surface area contributed by atoms with E-state index in [1.165, 1.54) is 12.0 Å². The number of halogens is 1. The van der Waals surface area contributed by atoms with E-state index < -0.39 is 35.4 Å². The van der Waals surface area contributed by atoms with Crippen molar-refractivity contribution in [2.24, 2.45) is 17.8 Å². The van der Waals surface area contributed by atoms with Gasteiger partial charge in [0.15, 0.2) is 5.72 Å². The maximum atomic E-state index is 13.7. The summed E-state index contributed by atoms with van der Waals surface area (Å²) in [5.74, 6) is -1.45. The van der Waals surface area contributed by atoms with Crippen LogP contribution in [0, 0.1) is 17.8 Å². The second-order valence-electron chi connectivity index (χ2n) is 10.7. The van der Waals surface area contributed by atoms with E-state index >= 15 is 0 Å². The molecular formula is C27H35ClN2O6. The van der Waals surface area contributed by atoms with Crippen molar-refractivity contribution >= 4 is 29.3 Å². The predicted molar refractivity (Wildman–Crippen MR) is 137 cm³/mol. The van der Waals surface area contributed by atoms with Crippen LogP contribution in [0.2, 0.25) is 5.02 Å². The Morgan fingerprint density at radius 1 is 1.28 bits per heavy atom. The monoisotopic (exact) mass is 518 g/mol. The lowest BCUT2D eigenvalue weighted by molar-refractivity contribution is -0.218. The molecule has 1 aromatic rings. The summed E-state index contributed by atoms with van der Waals surface area (Å²) in [5.41, 5.74) is -0.515. The van der Waals surface area contributed by atoms with Crippen LogP contribution in [0.4, 0.5) is 10.5 Å². The fourth-order valence-corrected chi connectivity index (χ4v) is 6.40. The molecule has 2 unspecified atom stereocenters. The van der Waals surface area contributed by atoms with Gasteiger partial charge in [0.1, 0.15) is 16.9 Å². The van der Waals surface area contributed by atoms with E-state index in [2.05, 4.69) is 5.32 Å². The summed E-state index contributed by atoms with van der Waals surface area (Å²) in [6.07, 6.45) is 5.15. The number of anilines is 1. The summed E-state index contributed by atoms with van der Waals surface area (Å²) in [7, 11) is 3.17. The Hall–Kier alpha value is -2.55. The van der Waals surface area contributed by atoms with Gasteiger partial charge in [0, 0.05) is 25.8 Å². The number of methoxy groups -OCH3 is 1. The van der Waals surface area contributed by atoms with Gasteiger partial charge in [-0.2, -0.15) is 0 Å². The van der Waals surface area contributed by atoms with Gasteiger partial charge in [0.25, 0.3) is 0 Å². The molecule has 3 aliphatic rings. The summed E-state index contributed by atoms with van der Waals surface area (Å²) in [5, 5.41) is 26.2. The highest BCUT2D eigenvalue weighted by atomic mass is 35.5. The topological polar surface area (TPSA) is 108 Å². The minimum atomic E-state index is -1.70. The molecular weight excluding hydrogens is 484 g/mol. The number of fused-ring (bicyclic) bond motifs is 2. The molecule has 1 saturated carbocycles. The SMILES string of the molecule is COc1cc2cc(c1Cl)N(C)C(=O)CC1C3[C@H](OC(=O)N[C@@]3(O)C/C=C/C=C(\C)C2)[C@@H](C)C[C@@]1(C)O. The van der Waals surface area contributed by atoms with Crippen LogP contribution in [-0.2, 0) is 16.0 Å². The first-order valence-electron chi connectivity index (χ1n) is 12.2. The molecule has 2 aliphatic heterocycles. The molecule has 1 aliphatic carbocycles. The van der Waals surface area contributed by atoms with Crippen molar-refractivity contribution in [2.75, 3.05) is 19.1 Å². The Bertz CT molecular complexity index is 1120. The Morgan fingerprint density at radius 3 is 2.69 bits per heavy atom. The average Bonchev–Trinajstić information content (AvgIpc) is 2.79. The van der Waals surface area contributed by atoms with Gasteiger partial charge in [-0.3, -0.25) is 10.1 Å². The van der Waals surface area contributed by atoms with Gasteiger partial charge in [0.2, 0.25) is 5.91 Å². The third-order valence-electron chi connectivity index (χ3n) is 7.85. The van der Waals surface area contributed by atoms with Gasteiger partial charge < -0.3 is 24.6 Å². The van der Waals surface area contributed by atoms with Crippen LogP contribution in [0.3, 0.4) is 0 Å². The average molecular weight is 519 g/mol. The first-order valence-corrected chi connectivity index (χ1v) is 12.6. The van der Waals surface area contributed by atoms with Crippen molar-refractivity contribution in [3.63, 3.8) is 0 Å². The van der Waals surface area contributed by atoms with E-state index in [4.69, 9.17) is 21.1 Å². The Kier molecular flexibility index (Phi) is 7.16. The number of benzene rings is 1. The smallest absolute Gasteiger partial charge is 0.409 e. The van der Waals surface area contributed by atoms with Crippen LogP contribution < -0.4 is 15.0 Å². The summed E-state index contributed by atoms with van der Waals surface area (Å²) in [4.78, 5) is 27.6. The number of hydrogen-bond donors (Lipinski definition) is 3. The molecule has 9 heteroatoms. The highest BCUT2D eigenvalue weighted by Crippen LogP contribution is 2.50. The minimum Gasteiger partial charge on any atom is -0.495 e. The van der Waals surface area contributed by atoms with Crippen LogP contribution in [0.5, 0.6) is 5.75 Å². The van der Waals surface area contributed by atoms with Crippen LogP contribution in [0.15, 0.2) is 35.9 Å². The Morgan fingerprint density at radius 2 is 2.00 bits per heavy atom. The summed E-state index contributed by atoms with van der Waals surface area (Å²) in [6, 6.07) is 3.72. The lowest BCUT2D eigenvalue weighted by Gasteiger charge is -2.56. The summed E-state index contributed by atoms with van der Waals surface area (Å²) in [6.45, 7) is 5.55. The molecule has 1 aromatic carbocycles. The number of aliphatic hydroxyl groups is 2. The number of hydrogen-bond acceptors (Lipinski definition) is 6. The number of carbonyl (C=O) groups excluding carboxylic acids is 2. The van der Waals surface area contributed by atoms with E-state index in [0.29, 0.717) is 29.3 Å². The van der Waals surface area contributed by atoms with Gasteiger partial charge in [-0.1, -0.05) is 42.3 Å².